The molecule has 1 aliphatic rings. The molecule has 1 fully saturated rings. The van der Waals surface area contributed by atoms with E-state index < -0.39 is 5.60 Å². The normalized spacial score (nSPS) is 17.5. The number of hydrogen-bond donors (Lipinski definition) is 1. The maximum atomic E-state index is 11.3. The van der Waals surface area contributed by atoms with Crippen LogP contribution in [-0.4, -0.2) is 50.4 Å². The average Bonchev–Trinajstić information content (AvgIpc) is 2.95. The molecule has 1 N–H and O–H groups in total. The summed E-state index contributed by atoms with van der Waals surface area (Å²) in [5.74, 6) is 1.31. The Morgan fingerprint density at radius 3 is 2.15 bits per heavy atom. The molecule has 0 bridgehead atoms. The maximum absolute atomic E-state index is 11.3. The molecule has 1 aliphatic heterocycles. The first-order valence-electron chi connectivity index (χ1n) is 15.1. The number of ether oxygens (including phenoxy) is 6. The molecule has 0 aliphatic carbocycles. The quantitative estimate of drug-likeness (QED) is 0.112. The molecule has 3 rings (SSSR count). The van der Waals surface area contributed by atoms with E-state index >= 15 is 0 Å². The molecule has 2 aromatic rings. The Bertz CT molecular complexity index is 1030. The van der Waals surface area contributed by atoms with Crippen LogP contribution in [0, 0.1) is 0 Å². The van der Waals surface area contributed by atoms with E-state index in [0.717, 1.165) is 61.8 Å². The summed E-state index contributed by atoms with van der Waals surface area (Å²) in [4.78, 5) is 0. The molecule has 1 saturated heterocycles. The summed E-state index contributed by atoms with van der Waals surface area (Å²) in [6.07, 6.45) is 10.7. The van der Waals surface area contributed by atoms with Crippen LogP contribution >= 0.6 is 0 Å². The third-order valence-electron chi connectivity index (χ3n) is 7.19. The third kappa shape index (κ3) is 12.1. The van der Waals surface area contributed by atoms with Crippen molar-refractivity contribution in [1.29, 1.82) is 0 Å². The van der Waals surface area contributed by atoms with Crippen LogP contribution in [0.15, 0.2) is 42.5 Å². The fourth-order valence-corrected chi connectivity index (χ4v) is 4.80. The smallest absolute Gasteiger partial charge is 0.189 e. The van der Waals surface area contributed by atoms with Gasteiger partial charge in [-0.15, -0.1) is 0 Å². The summed E-state index contributed by atoms with van der Waals surface area (Å²) in [6, 6.07) is 13.8. The zero-order chi connectivity index (χ0) is 29.6. The van der Waals surface area contributed by atoms with Gasteiger partial charge in [0.05, 0.1) is 11.2 Å². The number of benzene rings is 2. The molecule has 2 aromatic carbocycles. The van der Waals surface area contributed by atoms with Crippen molar-refractivity contribution < 1.29 is 33.5 Å². The highest BCUT2D eigenvalue weighted by Gasteiger charge is 2.27. The van der Waals surface area contributed by atoms with Crippen molar-refractivity contribution in [2.45, 2.75) is 97.1 Å². The molecule has 1 heterocycles. The molecular weight excluding hydrogens is 520 g/mol. The predicted octanol–water partition coefficient (Wildman–Crippen LogP) is 7.69. The highest BCUT2D eigenvalue weighted by molar-refractivity contribution is 5.71. The monoisotopic (exact) mass is 570 g/mol. The molecule has 0 spiro atoms. The van der Waals surface area contributed by atoms with E-state index in [-0.39, 0.29) is 25.5 Å². The lowest BCUT2D eigenvalue weighted by molar-refractivity contribution is -0.217. The van der Waals surface area contributed by atoms with Crippen molar-refractivity contribution in [3.8, 4) is 11.5 Å². The van der Waals surface area contributed by atoms with Gasteiger partial charge in [-0.25, -0.2) is 0 Å². The summed E-state index contributed by atoms with van der Waals surface area (Å²) in [5.41, 5.74) is 1.67. The lowest BCUT2D eigenvalue weighted by Gasteiger charge is -2.33. The van der Waals surface area contributed by atoms with Crippen LogP contribution in [0.3, 0.4) is 0 Å². The van der Waals surface area contributed by atoms with Crippen molar-refractivity contribution in [3.05, 3.63) is 59.2 Å². The second-order valence-corrected chi connectivity index (χ2v) is 11.4. The minimum absolute atomic E-state index is 0.0862. The van der Waals surface area contributed by atoms with E-state index in [0.29, 0.717) is 31.1 Å². The summed E-state index contributed by atoms with van der Waals surface area (Å²) in [5, 5.41) is 11.3. The lowest BCUT2D eigenvalue weighted by Crippen LogP contribution is -2.34. The van der Waals surface area contributed by atoms with Crippen molar-refractivity contribution in [3.63, 3.8) is 0 Å². The van der Waals surface area contributed by atoms with Gasteiger partial charge in [-0.2, -0.15) is 0 Å². The Labute approximate surface area is 246 Å². The van der Waals surface area contributed by atoms with Crippen LogP contribution in [0.1, 0.15) is 96.3 Å². The van der Waals surface area contributed by atoms with Crippen molar-refractivity contribution >= 4 is 12.2 Å². The van der Waals surface area contributed by atoms with E-state index in [9.17, 15) is 5.11 Å². The van der Waals surface area contributed by atoms with E-state index in [1.54, 1.807) is 0 Å². The second kappa shape index (κ2) is 16.9. The van der Waals surface area contributed by atoms with Gasteiger partial charge in [-0.05, 0) is 102 Å². The zero-order valence-corrected chi connectivity index (χ0v) is 25.7. The van der Waals surface area contributed by atoms with E-state index in [4.69, 9.17) is 28.4 Å². The Balaban J connectivity index is 1.59. The molecule has 2 unspecified atom stereocenters. The van der Waals surface area contributed by atoms with Crippen LogP contribution in [0.5, 0.6) is 11.5 Å². The van der Waals surface area contributed by atoms with Gasteiger partial charge in [0.25, 0.3) is 0 Å². The van der Waals surface area contributed by atoms with E-state index in [2.05, 4.69) is 13.8 Å². The fourth-order valence-electron chi connectivity index (χ4n) is 4.80. The van der Waals surface area contributed by atoms with Crippen molar-refractivity contribution in [1.82, 2.24) is 0 Å². The van der Waals surface area contributed by atoms with Gasteiger partial charge in [0.1, 0.15) is 11.5 Å². The average molecular weight is 571 g/mol. The molecular formula is C34H50O7. The third-order valence-corrected chi connectivity index (χ3v) is 7.19. The Hall–Kier alpha value is -2.42. The number of unbranched alkanes of at least 4 members (excludes halogenated alkanes) is 1. The number of aliphatic hydroxyl groups is 1. The van der Waals surface area contributed by atoms with Gasteiger partial charge in [-0.1, -0.05) is 43.2 Å². The van der Waals surface area contributed by atoms with Crippen LogP contribution in [0.4, 0.5) is 0 Å². The molecule has 7 heteroatoms. The lowest BCUT2D eigenvalue weighted by atomic mass is 9.88. The number of hydrogen-bond acceptors (Lipinski definition) is 7. The van der Waals surface area contributed by atoms with Gasteiger partial charge < -0.3 is 33.5 Å². The molecule has 228 valence electrons. The highest BCUT2D eigenvalue weighted by atomic mass is 16.7. The first-order chi connectivity index (χ1) is 19.7. The summed E-state index contributed by atoms with van der Waals surface area (Å²) >= 11 is 0. The molecule has 2 atom stereocenters. The van der Waals surface area contributed by atoms with Gasteiger partial charge in [0.2, 0.25) is 0 Å². The second-order valence-electron chi connectivity index (χ2n) is 11.4. The van der Waals surface area contributed by atoms with Crippen LogP contribution in [0.25, 0.3) is 12.2 Å². The van der Waals surface area contributed by atoms with Gasteiger partial charge >= 0.3 is 0 Å². The van der Waals surface area contributed by atoms with Crippen LogP contribution < -0.4 is 9.47 Å². The SMILES string of the molecule is CCOCOc1cc(C=Cc2cccc(C(C)(O)CCCCC(C)(C)OC3CCCCO3)c2)cc(OCOCC)c1. The van der Waals surface area contributed by atoms with Crippen LogP contribution in [0.2, 0.25) is 0 Å². The summed E-state index contributed by atoms with van der Waals surface area (Å²) < 4.78 is 34.1. The Morgan fingerprint density at radius 1 is 0.854 bits per heavy atom. The number of rotatable bonds is 18. The first-order valence-corrected chi connectivity index (χ1v) is 15.1. The highest BCUT2D eigenvalue weighted by Crippen LogP contribution is 2.31. The van der Waals surface area contributed by atoms with Crippen molar-refractivity contribution in [2.75, 3.05) is 33.4 Å². The van der Waals surface area contributed by atoms with Gasteiger partial charge in [0, 0.05) is 25.9 Å². The van der Waals surface area contributed by atoms with Crippen LogP contribution in [-0.2, 0) is 24.5 Å². The Morgan fingerprint density at radius 2 is 1.51 bits per heavy atom. The molecule has 0 aromatic heterocycles. The minimum atomic E-state index is -0.922. The topological polar surface area (TPSA) is 75.6 Å². The largest absolute Gasteiger partial charge is 0.467 e. The zero-order valence-electron chi connectivity index (χ0n) is 25.7. The van der Waals surface area contributed by atoms with E-state index in [1.807, 2.05) is 75.4 Å². The fraction of sp³-hybridized carbons (Fsp3) is 0.588. The first kappa shape index (κ1) is 33.1. The maximum Gasteiger partial charge on any atom is 0.189 e. The predicted molar refractivity (Wildman–Crippen MR) is 163 cm³/mol. The van der Waals surface area contributed by atoms with E-state index in [1.165, 1.54) is 0 Å². The molecule has 7 nitrogen and oxygen atoms in total. The molecule has 0 amide bonds. The van der Waals surface area contributed by atoms with Gasteiger partial charge in [-0.3, -0.25) is 0 Å². The minimum Gasteiger partial charge on any atom is -0.467 e. The molecule has 0 saturated carbocycles. The van der Waals surface area contributed by atoms with Gasteiger partial charge in [0.15, 0.2) is 19.9 Å². The molecule has 0 radical (unpaired) electrons. The summed E-state index contributed by atoms with van der Waals surface area (Å²) in [6.45, 7) is 12.3. The Kier molecular flexibility index (Phi) is 13.6. The summed E-state index contributed by atoms with van der Waals surface area (Å²) in [7, 11) is 0. The molecule has 41 heavy (non-hydrogen) atoms. The van der Waals surface area contributed by atoms with Crippen molar-refractivity contribution in [2.24, 2.45) is 0 Å². The standard InChI is InChI=1S/C34H50O7/c1-6-36-25-39-30-22-28(23-31(24-30)40-26-37-7-2)17-16-27-13-12-14-29(21-27)34(5,35)19-10-9-18-33(3,4)41-32-15-8-11-20-38-32/h12-14,16-17,21-24,32,35H,6-11,15,18-20,25-26H2,1-5H3.